The number of ether oxygens (including phenoxy) is 1. The molecule has 0 unspecified atom stereocenters. The molecule has 106 valence electrons. The molecule has 2 rings (SSSR count). The molecule has 6 nitrogen and oxygen atoms in total. The second kappa shape index (κ2) is 5.64. The van der Waals surface area contributed by atoms with Gasteiger partial charge in [-0.25, -0.2) is 4.79 Å². The van der Waals surface area contributed by atoms with Crippen LogP contribution in [0.15, 0.2) is 24.4 Å². The number of nitrogens with two attached hydrogens (primary N) is 1. The predicted molar refractivity (Wildman–Crippen MR) is 77.5 cm³/mol. The van der Waals surface area contributed by atoms with Crippen LogP contribution in [0.1, 0.15) is 21.6 Å². The standard InChI is InChI=1S/C14H18N4O2/c1-9-10(8-17-18(9)2)7-16-13-11(14(19)20-3)5-4-6-12(13)15/h4-6,8,16H,7,15H2,1-3H3. The van der Waals surface area contributed by atoms with Crippen LogP contribution in [0, 0.1) is 6.92 Å². The van der Waals surface area contributed by atoms with Gasteiger partial charge in [0.25, 0.3) is 0 Å². The molecule has 0 saturated carbocycles. The number of para-hydroxylation sites is 1. The number of hydrogen-bond donors (Lipinski definition) is 2. The highest BCUT2D eigenvalue weighted by molar-refractivity contribution is 5.98. The van der Waals surface area contributed by atoms with Crippen LogP contribution >= 0.6 is 0 Å². The smallest absolute Gasteiger partial charge is 0.340 e. The fraction of sp³-hybridized carbons (Fsp3) is 0.286. The molecule has 6 heteroatoms. The first-order valence-electron chi connectivity index (χ1n) is 6.22. The van der Waals surface area contributed by atoms with Gasteiger partial charge in [0.15, 0.2) is 0 Å². The van der Waals surface area contributed by atoms with Crippen molar-refractivity contribution in [1.82, 2.24) is 9.78 Å². The summed E-state index contributed by atoms with van der Waals surface area (Å²) < 4.78 is 6.56. The van der Waals surface area contributed by atoms with Crippen LogP contribution in [0.2, 0.25) is 0 Å². The number of methoxy groups -OCH3 is 1. The average molecular weight is 274 g/mol. The Kier molecular flexibility index (Phi) is 3.93. The van der Waals surface area contributed by atoms with Crippen molar-refractivity contribution in [1.29, 1.82) is 0 Å². The van der Waals surface area contributed by atoms with E-state index < -0.39 is 5.97 Å². The van der Waals surface area contributed by atoms with E-state index in [1.807, 2.05) is 14.0 Å². The average Bonchev–Trinajstić information content (AvgIpc) is 2.76. The number of carbonyl (C=O) groups is 1. The Morgan fingerprint density at radius 2 is 2.25 bits per heavy atom. The lowest BCUT2D eigenvalue weighted by molar-refractivity contribution is 0.0602. The molecule has 0 atom stereocenters. The lowest BCUT2D eigenvalue weighted by Gasteiger charge is -2.13. The van der Waals surface area contributed by atoms with Crippen LogP contribution in [0.5, 0.6) is 0 Å². The first-order chi connectivity index (χ1) is 9.54. The van der Waals surface area contributed by atoms with Crippen LogP contribution in [0.3, 0.4) is 0 Å². The van der Waals surface area contributed by atoms with Crippen LogP contribution in [-0.4, -0.2) is 22.9 Å². The van der Waals surface area contributed by atoms with E-state index in [0.29, 0.717) is 23.5 Å². The molecular weight excluding hydrogens is 256 g/mol. The van der Waals surface area contributed by atoms with Crippen LogP contribution < -0.4 is 11.1 Å². The topological polar surface area (TPSA) is 82.2 Å². The summed E-state index contributed by atoms with van der Waals surface area (Å²) in [4.78, 5) is 11.7. The van der Waals surface area contributed by atoms with Crippen molar-refractivity contribution >= 4 is 17.3 Å². The lowest BCUT2D eigenvalue weighted by atomic mass is 10.1. The molecule has 0 bridgehead atoms. The van der Waals surface area contributed by atoms with Gasteiger partial charge in [-0.15, -0.1) is 0 Å². The molecular formula is C14H18N4O2. The van der Waals surface area contributed by atoms with Crippen LogP contribution in [-0.2, 0) is 18.3 Å². The molecule has 20 heavy (non-hydrogen) atoms. The molecule has 0 aliphatic rings. The van der Waals surface area contributed by atoms with E-state index >= 15 is 0 Å². The molecule has 3 N–H and O–H groups in total. The number of carbonyl (C=O) groups excluding carboxylic acids is 1. The molecule has 1 aromatic heterocycles. The van der Waals surface area contributed by atoms with Crippen molar-refractivity contribution in [2.45, 2.75) is 13.5 Å². The van der Waals surface area contributed by atoms with Crippen molar-refractivity contribution in [3.8, 4) is 0 Å². The number of hydrogen-bond acceptors (Lipinski definition) is 5. The summed E-state index contributed by atoms with van der Waals surface area (Å²) in [5.41, 5.74) is 9.56. The summed E-state index contributed by atoms with van der Waals surface area (Å²) in [7, 11) is 3.23. The SMILES string of the molecule is COC(=O)c1cccc(N)c1NCc1cnn(C)c1C. The number of rotatable bonds is 4. The first kappa shape index (κ1) is 13.9. The van der Waals surface area contributed by atoms with Crippen LogP contribution in [0.25, 0.3) is 0 Å². The summed E-state index contributed by atoms with van der Waals surface area (Å²) in [6.07, 6.45) is 1.79. The summed E-state index contributed by atoms with van der Waals surface area (Å²) in [5, 5.41) is 7.37. The number of esters is 1. The molecule has 1 aromatic carbocycles. The number of aryl methyl sites for hydroxylation is 1. The fourth-order valence-electron chi connectivity index (χ4n) is 1.95. The maximum absolute atomic E-state index is 11.7. The quantitative estimate of drug-likeness (QED) is 0.655. The first-order valence-corrected chi connectivity index (χ1v) is 6.22. The summed E-state index contributed by atoms with van der Waals surface area (Å²) >= 11 is 0. The van der Waals surface area contributed by atoms with Crippen LogP contribution in [0.4, 0.5) is 11.4 Å². The van der Waals surface area contributed by atoms with Crippen molar-refractivity contribution in [2.75, 3.05) is 18.2 Å². The van der Waals surface area contributed by atoms with E-state index in [2.05, 4.69) is 10.4 Å². The zero-order chi connectivity index (χ0) is 14.7. The van der Waals surface area contributed by atoms with E-state index in [1.165, 1.54) is 7.11 Å². The maximum Gasteiger partial charge on any atom is 0.340 e. The number of nitrogens with one attached hydrogen (secondary N) is 1. The number of nitrogens with zero attached hydrogens (tertiary/aromatic N) is 2. The Hall–Kier alpha value is -2.50. The van der Waals surface area contributed by atoms with Gasteiger partial charge in [0.05, 0.1) is 30.2 Å². The highest BCUT2D eigenvalue weighted by Crippen LogP contribution is 2.25. The molecule has 0 amide bonds. The van der Waals surface area contributed by atoms with E-state index in [9.17, 15) is 4.79 Å². The van der Waals surface area contributed by atoms with E-state index in [4.69, 9.17) is 10.5 Å². The van der Waals surface area contributed by atoms with Crippen molar-refractivity contribution in [3.05, 3.63) is 41.2 Å². The second-order valence-electron chi connectivity index (χ2n) is 4.49. The predicted octanol–water partition coefficient (Wildman–Crippen LogP) is 1.71. The van der Waals surface area contributed by atoms with Gasteiger partial charge in [-0.2, -0.15) is 5.10 Å². The zero-order valence-electron chi connectivity index (χ0n) is 11.8. The van der Waals surface area contributed by atoms with E-state index in [1.54, 1.807) is 29.1 Å². The van der Waals surface area contributed by atoms with Gasteiger partial charge in [0, 0.05) is 24.8 Å². The van der Waals surface area contributed by atoms with E-state index in [-0.39, 0.29) is 0 Å². The minimum Gasteiger partial charge on any atom is -0.465 e. The lowest BCUT2D eigenvalue weighted by Crippen LogP contribution is -2.10. The molecule has 2 aromatic rings. The molecule has 1 heterocycles. The van der Waals surface area contributed by atoms with E-state index in [0.717, 1.165) is 11.3 Å². The molecule has 0 fully saturated rings. The minimum absolute atomic E-state index is 0.414. The third kappa shape index (κ3) is 2.59. The summed E-state index contributed by atoms with van der Waals surface area (Å²) in [5.74, 6) is -0.414. The number of aromatic nitrogens is 2. The van der Waals surface area contributed by atoms with Crippen molar-refractivity contribution in [2.24, 2.45) is 7.05 Å². The summed E-state index contributed by atoms with van der Waals surface area (Å²) in [6, 6.07) is 5.15. The highest BCUT2D eigenvalue weighted by atomic mass is 16.5. The van der Waals surface area contributed by atoms with Gasteiger partial charge in [-0.1, -0.05) is 6.07 Å². The molecule has 0 aliphatic carbocycles. The van der Waals surface area contributed by atoms with Crippen molar-refractivity contribution in [3.63, 3.8) is 0 Å². The van der Waals surface area contributed by atoms with Gasteiger partial charge >= 0.3 is 5.97 Å². The number of anilines is 2. The van der Waals surface area contributed by atoms with Crippen molar-refractivity contribution < 1.29 is 9.53 Å². The Morgan fingerprint density at radius 3 is 2.85 bits per heavy atom. The molecule has 0 aliphatic heterocycles. The van der Waals surface area contributed by atoms with Gasteiger partial charge in [0.2, 0.25) is 0 Å². The number of nitrogen functional groups attached to an aromatic ring is 1. The highest BCUT2D eigenvalue weighted by Gasteiger charge is 2.14. The molecule has 0 saturated heterocycles. The summed E-state index contributed by atoms with van der Waals surface area (Å²) in [6.45, 7) is 2.53. The number of benzene rings is 1. The third-order valence-corrected chi connectivity index (χ3v) is 3.29. The molecule has 0 radical (unpaired) electrons. The molecule has 0 spiro atoms. The Balaban J connectivity index is 2.25. The van der Waals surface area contributed by atoms with Gasteiger partial charge in [-0.3, -0.25) is 4.68 Å². The zero-order valence-corrected chi connectivity index (χ0v) is 11.8. The second-order valence-corrected chi connectivity index (χ2v) is 4.49. The normalized spacial score (nSPS) is 10.3. The largest absolute Gasteiger partial charge is 0.465 e. The minimum atomic E-state index is -0.414. The van der Waals surface area contributed by atoms with Gasteiger partial charge in [-0.05, 0) is 19.1 Å². The van der Waals surface area contributed by atoms with Gasteiger partial charge in [0.1, 0.15) is 0 Å². The van der Waals surface area contributed by atoms with Gasteiger partial charge < -0.3 is 15.8 Å². The maximum atomic E-state index is 11.7. The fourth-order valence-corrected chi connectivity index (χ4v) is 1.95. The monoisotopic (exact) mass is 274 g/mol. The Morgan fingerprint density at radius 1 is 1.50 bits per heavy atom. The Labute approximate surface area is 117 Å². The Bertz CT molecular complexity index is 634. The third-order valence-electron chi connectivity index (χ3n) is 3.29.